The molecule has 0 bridgehead atoms. The number of fused-ring (bicyclic) bond motifs is 1. The minimum atomic E-state index is -3.93. The Morgan fingerprint density at radius 3 is 2.30 bits per heavy atom. The van der Waals surface area contributed by atoms with E-state index in [2.05, 4.69) is 19.7 Å². The minimum Gasteiger partial charge on any atom is -0.480 e. The van der Waals surface area contributed by atoms with E-state index in [1.807, 2.05) is 24.3 Å². The molecule has 3 N–H and O–H groups in total. The van der Waals surface area contributed by atoms with Crippen molar-refractivity contribution in [3.8, 4) is 28.1 Å². The van der Waals surface area contributed by atoms with Crippen molar-refractivity contribution >= 4 is 42.3 Å². The molecule has 5 rings (SSSR count). The Hall–Kier alpha value is -4.55. The Morgan fingerprint density at radius 2 is 1.62 bits per heavy atom. The Morgan fingerprint density at radius 1 is 0.875 bits per heavy atom. The van der Waals surface area contributed by atoms with Crippen molar-refractivity contribution < 1.29 is 21.6 Å². The highest BCUT2D eigenvalue weighted by Crippen LogP contribution is 2.34. The summed E-state index contributed by atoms with van der Waals surface area (Å²) in [6.07, 6.45) is 4.32. The SMILES string of the molecule is CCS(=O)(=O)c1ccc(-c2cc3cc(-c4cnc(OC)c(NS(=O)(=O)c5cccnc5)c4)ccc3nc2N)cc1. The van der Waals surface area contributed by atoms with E-state index < -0.39 is 19.9 Å². The van der Waals surface area contributed by atoms with Gasteiger partial charge in [0.25, 0.3) is 10.0 Å². The van der Waals surface area contributed by atoms with E-state index in [4.69, 9.17) is 10.5 Å². The highest BCUT2D eigenvalue weighted by Gasteiger charge is 2.19. The number of nitrogen functional groups attached to an aromatic ring is 1. The summed E-state index contributed by atoms with van der Waals surface area (Å²) >= 11 is 0. The minimum absolute atomic E-state index is 0.00433. The summed E-state index contributed by atoms with van der Waals surface area (Å²) in [6.45, 7) is 1.60. The zero-order chi connectivity index (χ0) is 28.5. The molecule has 0 unspecified atom stereocenters. The Kier molecular flexibility index (Phi) is 7.13. The van der Waals surface area contributed by atoms with Gasteiger partial charge in [-0.1, -0.05) is 25.1 Å². The van der Waals surface area contributed by atoms with Crippen molar-refractivity contribution in [2.45, 2.75) is 16.7 Å². The number of aromatic nitrogens is 3. The molecule has 3 aromatic heterocycles. The van der Waals surface area contributed by atoms with Crippen LogP contribution in [0.1, 0.15) is 6.92 Å². The molecule has 0 aliphatic rings. The summed E-state index contributed by atoms with van der Waals surface area (Å²) in [7, 11) is -5.85. The zero-order valence-corrected chi connectivity index (χ0v) is 23.2. The van der Waals surface area contributed by atoms with Crippen molar-refractivity contribution in [3.05, 3.63) is 85.3 Å². The van der Waals surface area contributed by atoms with Gasteiger partial charge in [0.05, 0.1) is 23.3 Å². The fraction of sp³-hybridized carbons (Fsp3) is 0.107. The highest BCUT2D eigenvalue weighted by molar-refractivity contribution is 7.92. The number of methoxy groups -OCH3 is 1. The molecular formula is C28H25N5O5S2. The summed E-state index contributed by atoms with van der Waals surface area (Å²) in [5.74, 6) is 0.438. The molecule has 5 aromatic rings. The maximum absolute atomic E-state index is 12.9. The summed E-state index contributed by atoms with van der Waals surface area (Å²) in [6, 6.07) is 18.6. The van der Waals surface area contributed by atoms with Crippen LogP contribution in [0.3, 0.4) is 0 Å². The largest absolute Gasteiger partial charge is 0.480 e. The Labute approximate surface area is 231 Å². The number of nitrogens with two attached hydrogens (primary N) is 1. The van der Waals surface area contributed by atoms with Gasteiger partial charge in [0.1, 0.15) is 16.4 Å². The van der Waals surface area contributed by atoms with E-state index in [-0.39, 0.29) is 27.1 Å². The van der Waals surface area contributed by atoms with Crippen LogP contribution in [0, 0.1) is 0 Å². The molecule has 2 aromatic carbocycles. The van der Waals surface area contributed by atoms with Gasteiger partial charge in [-0.2, -0.15) is 0 Å². The van der Waals surface area contributed by atoms with Crippen LogP contribution in [-0.2, 0) is 19.9 Å². The third-order valence-electron chi connectivity index (χ3n) is 6.32. The van der Waals surface area contributed by atoms with Crippen LogP contribution in [0.25, 0.3) is 33.2 Å². The Balaban J connectivity index is 1.53. The third kappa shape index (κ3) is 5.31. The van der Waals surface area contributed by atoms with Crippen LogP contribution < -0.4 is 15.2 Å². The highest BCUT2D eigenvalue weighted by atomic mass is 32.2. The van der Waals surface area contributed by atoms with Gasteiger partial charge in [-0.3, -0.25) is 9.71 Å². The van der Waals surface area contributed by atoms with Crippen molar-refractivity contribution in [2.75, 3.05) is 23.3 Å². The average Bonchev–Trinajstić information content (AvgIpc) is 2.97. The second kappa shape index (κ2) is 10.5. The second-order valence-electron chi connectivity index (χ2n) is 8.83. The molecule has 0 atom stereocenters. The lowest BCUT2D eigenvalue weighted by Gasteiger charge is -2.13. The van der Waals surface area contributed by atoms with Gasteiger partial charge in [0, 0.05) is 35.1 Å². The van der Waals surface area contributed by atoms with Gasteiger partial charge >= 0.3 is 0 Å². The van der Waals surface area contributed by atoms with E-state index in [1.165, 1.54) is 31.6 Å². The number of nitrogens with one attached hydrogen (secondary N) is 1. The molecule has 12 heteroatoms. The smallest absolute Gasteiger partial charge is 0.263 e. The number of hydrogen-bond donors (Lipinski definition) is 2. The van der Waals surface area contributed by atoms with E-state index in [1.54, 1.807) is 43.5 Å². The number of rotatable bonds is 8. The molecular weight excluding hydrogens is 550 g/mol. The predicted molar refractivity (Wildman–Crippen MR) is 154 cm³/mol. The maximum atomic E-state index is 12.9. The van der Waals surface area contributed by atoms with E-state index >= 15 is 0 Å². The maximum Gasteiger partial charge on any atom is 0.263 e. The average molecular weight is 576 g/mol. The normalized spacial score (nSPS) is 11.8. The van der Waals surface area contributed by atoms with E-state index in [9.17, 15) is 16.8 Å². The lowest BCUT2D eigenvalue weighted by Crippen LogP contribution is -2.14. The number of benzene rings is 2. The van der Waals surface area contributed by atoms with Gasteiger partial charge < -0.3 is 10.5 Å². The van der Waals surface area contributed by atoms with Gasteiger partial charge in [-0.25, -0.2) is 26.8 Å². The van der Waals surface area contributed by atoms with Crippen molar-refractivity contribution in [1.29, 1.82) is 0 Å². The number of anilines is 2. The molecule has 0 saturated carbocycles. The fourth-order valence-corrected chi connectivity index (χ4v) is 6.06. The first-order valence-electron chi connectivity index (χ1n) is 12.1. The molecule has 10 nitrogen and oxygen atoms in total. The molecule has 3 heterocycles. The van der Waals surface area contributed by atoms with Crippen LogP contribution in [-0.4, -0.2) is 44.7 Å². The molecule has 0 amide bonds. The van der Waals surface area contributed by atoms with Gasteiger partial charge in [0.2, 0.25) is 5.88 Å². The molecule has 40 heavy (non-hydrogen) atoms. The number of ether oxygens (including phenoxy) is 1. The molecule has 0 radical (unpaired) electrons. The molecule has 0 saturated heterocycles. The van der Waals surface area contributed by atoms with Gasteiger partial charge in [-0.15, -0.1) is 0 Å². The number of hydrogen-bond acceptors (Lipinski definition) is 9. The Bertz CT molecular complexity index is 1930. The number of pyridine rings is 3. The number of nitrogens with zero attached hydrogens (tertiary/aromatic N) is 3. The first-order valence-corrected chi connectivity index (χ1v) is 15.3. The second-order valence-corrected chi connectivity index (χ2v) is 12.8. The van der Waals surface area contributed by atoms with Gasteiger partial charge in [0.15, 0.2) is 9.84 Å². The summed E-state index contributed by atoms with van der Waals surface area (Å²) in [5, 5.41) is 0.778. The van der Waals surface area contributed by atoms with E-state index in [0.29, 0.717) is 22.5 Å². The number of sulfone groups is 1. The van der Waals surface area contributed by atoms with Crippen molar-refractivity contribution in [3.63, 3.8) is 0 Å². The molecule has 0 fully saturated rings. The predicted octanol–water partition coefficient (Wildman–Crippen LogP) is 4.54. The van der Waals surface area contributed by atoms with E-state index in [0.717, 1.165) is 16.5 Å². The van der Waals surface area contributed by atoms with Gasteiger partial charge in [-0.05, 0) is 59.7 Å². The van der Waals surface area contributed by atoms with Crippen molar-refractivity contribution in [2.24, 2.45) is 0 Å². The first-order chi connectivity index (χ1) is 19.1. The molecule has 0 spiro atoms. The zero-order valence-electron chi connectivity index (χ0n) is 21.6. The standard InChI is InChI=1S/C28H25N5O5S2/c1-3-39(34,35)22-9-6-18(7-10-22)24-14-20-13-19(8-11-25(20)32-27(24)29)21-15-26(28(38-2)31-16-21)33-40(36,37)23-5-4-12-30-17-23/h4-17,33H,3H2,1-2H3,(H2,29,32). The first kappa shape index (κ1) is 27.0. The van der Waals surface area contributed by atoms with Crippen LogP contribution in [0.4, 0.5) is 11.5 Å². The fourth-order valence-electron chi connectivity index (χ4n) is 4.17. The molecule has 204 valence electrons. The summed E-state index contributed by atoms with van der Waals surface area (Å²) in [5.41, 5.74) is 9.86. The lowest BCUT2D eigenvalue weighted by atomic mass is 10.0. The van der Waals surface area contributed by atoms with Crippen LogP contribution in [0.2, 0.25) is 0 Å². The summed E-state index contributed by atoms with van der Waals surface area (Å²) in [4.78, 5) is 12.9. The van der Waals surface area contributed by atoms with Crippen LogP contribution in [0.15, 0.2) is 95.1 Å². The lowest BCUT2D eigenvalue weighted by molar-refractivity contribution is 0.400. The topological polar surface area (TPSA) is 154 Å². The quantitative estimate of drug-likeness (QED) is 0.271. The van der Waals surface area contributed by atoms with Crippen molar-refractivity contribution in [1.82, 2.24) is 15.0 Å². The van der Waals surface area contributed by atoms with Crippen LogP contribution in [0.5, 0.6) is 5.88 Å². The van der Waals surface area contributed by atoms with Crippen LogP contribution >= 0.6 is 0 Å². The molecule has 0 aliphatic carbocycles. The molecule has 0 aliphatic heterocycles. The number of sulfonamides is 1. The third-order valence-corrected chi connectivity index (χ3v) is 9.42. The monoisotopic (exact) mass is 575 g/mol. The summed E-state index contributed by atoms with van der Waals surface area (Å²) < 4.78 is 58.0.